The van der Waals surface area contributed by atoms with Crippen LogP contribution in [0.1, 0.15) is 45.2 Å². The van der Waals surface area contributed by atoms with Crippen LogP contribution in [0, 0.1) is 11.7 Å². The van der Waals surface area contributed by atoms with E-state index >= 15 is 0 Å². The first-order chi connectivity index (χ1) is 8.90. The fraction of sp³-hybridized carbons (Fsp3) is 0.533. The molecule has 0 radical (unpaired) electrons. The minimum absolute atomic E-state index is 0.0136. The number of hydrogen-bond acceptors (Lipinski definition) is 2. The molecule has 4 heteroatoms. The summed E-state index contributed by atoms with van der Waals surface area (Å²) in [6.07, 6.45) is 1.09. The van der Waals surface area contributed by atoms with Crippen LogP contribution in [-0.4, -0.2) is 11.9 Å². The Bertz CT molecular complexity index is 401. The molecule has 0 bridgehead atoms. The highest BCUT2D eigenvalue weighted by Crippen LogP contribution is 2.22. The van der Waals surface area contributed by atoms with Crippen LogP contribution >= 0.6 is 0 Å². The van der Waals surface area contributed by atoms with Gasteiger partial charge < -0.3 is 11.1 Å². The van der Waals surface area contributed by atoms with Gasteiger partial charge >= 0.3 is 0 Å². The van der Waals surface area contributed by atoms with Gasteiger partial charge in [-0.25, -0.2) is 4.39 Å². The van der Waals surface area contributed by atoms with Crippen molar-refractivity contribution in [1.82, 2.24) is 5.32 Å². The molecule has 0 aromatic heterocycles. The minimum Gasteiger partial charge on any atom is -0.349 e. The third-order valence-corrected chi connectivity index (χ3v) is 3.04. The first kappa shape index (κ1) is 15.6. The largest absolute Gasteiger partial charge is 0.349 e. The maximum absolute atomic E-state index is 12.9. The van der Waals surface area contributed by atoms with E-state index in [-0.39, 0.29) is 29.7 Å². The standard InChI is InChI=1S/C15H23FN2O/c1-10(2)15(12-5-7-13(16)8-6-12)18-14(19)9-4-11(3)17/h5-8,10-11,15H,4,9,17H2,1-3H3,(H,18,19). The Kier molecular flexibility index (Phi) is 5.96. The van der Waals surface area contributed by atoms with E-state index in [2.05, 4.69) is 5.32 Å². The normalized spacial score (nSPS) is 14.2. The lowest BCUT2D eigenvalue weighted by Gasteiger charge is -2.23. The average molecular weight is 266 g/mol. The van der Waals surface area contributed by atoms with Gasteiger partial charge in [0, 0.05) is 12.5 Å². The van der Waals surface area contributed by atoms with Crippen molar-refractivity contribution in [3.05, 3.63) is 35.6 Å². The van der Waals surface area contributed by atoms with E-state index < -0.39 is 0 Å². The molecule has 1 rings (SSSR count). The summed E-state index contributed by atoms with van der Waals surface area (Å²) >= 11 is 0. The highest BCUT2D eigenvalue weighted by Gasteiger charge is 2.18. The van der Waals surface area contributed by atoms with Gasteiger partial charge in [0.25, 0.3) is 0 Å². The molecule has 0 fully saturated rings. The SMILES string of the molecule is CC(N)CCC(=O)NC(c1ccc(F)cc1)C(C)C. The first-order valence-electron chi connectivity index (χ1n) is 6.70. The van der Waals surface area contributed by atoms with Crippen LogP contribution in [0.4, 0.5) is 4.39 Å². The molecule has 3 nitrogen and oxygen atoms in total. The van der Waals surface area contributed by atoms with Crippen molar-refractivity contribution >= 4 is 5.91 Å². The van der Waals surface area contributed by atoms with Crippen LogP contribution in [0.5, 0.6) is 0 Å². The topological polar surface area (TPSA) is 55.1 Å². The Balaban J connectivity index is 2.68. The van der Waals surface area contributed by atoms with Gasteiger partial charge in [0.2, 0.25) is 5.91 Å². The fourth-order valence-corrected chi connectivity index (χ4v) is 1.91. The van der Waals surface area contributed by atoms with E-state index in [9.17, 15) is 9.18 Å². The second kappa shape index (κ2) is 7.24. The van der Waals surface area contributed by atoms with E-state index in [0.717, 1.165) is 5.56 Å². The molecule has 0 aliphatic heterocycles. The van der Waals surface area contributed by atoms with Crippen LogP contribution in [0.15, 0.2) is 24.3 Å². The monoisotopic (exact) mass is 266 g/mol. The smallest absolute Gasteiger partial charge is 0.220 e. The van der Waals surface area contributed by atoms with Gasteiger partial charge in [0.05, 0.1) is 6.04 Å². The fourth-order valence-electron chi connectivity index (χ4n) is 1.91. The van der Waals surface area contributed by atoms with Gasteiger partial charge in [-0.1, -0.05) is 26.0 Å². The number of carbonyl (C=O) groups is 1. The molecule has 0 aliphatic rings. The quantitative estimate of drug-likeness (QED) is 0.832. The Morgan fingerprint density at radius 1 is 1.26 bits per heavy atom. The summed E-state index contributed by atoms with van der Waals surface area (Å²) in [4.78, 5) is 11.9. The molecular weight excluding hydrogens is 243 g/mol. The number of rotatable bonds is 6. The molecule has 2 unspecified atom stereocenters. The van der Waals surface area contributed by atoms with Crippen LogP contribution in [-0.2, 0) is 4.79 Å². The van der Waals surface area contributed by atoms with Crippen LogP contribution in [0.2, 0.25) is 0 Å². The van der Waals surface area contributed by atoms with E-state index in [1.54, 1.807) is 12.1 Å². The summed E-state index contributed by atoms with van der Waals surface area (Å²) in [6.45, 7) is 5.94. The van der Waals surface area contributed by atoms with E-state index in [1.807, 2.05) is 20.8 Å². The lowest BCUT2D eigenvalue weighted by atomic mass is 9.95. The molecule has 0 aliphatic carbocycles. The second-order valence-electron chi connectivity index (χ2n) is 5.36. The molecular formula is C15H23FN2O. The lowest BCUT2D eigenvalue weighted by Crippen LogP contribution is -2.32. The zero-order chi connectivity index (χ0) is 14.4. The highest BCUT2D eigenvalue weighted by molar-refractivity contribution is 5.76. The molecule has 0 spiro atoms. The van der Waals surface area contributed by atoms with Crippen molar-refractivity contribution in [2.24, 2.45) is 11.7 Å². The Morgan fingerprint density at radius 2 is 1.84 bits per heavy atom. The highest BCUT2D eigenvalue weighted by atomic mass is 19.1. The number of carbonyl (C=O) groups excluding carboxylic acids is 1. The Hall–Kier alpha value is -1.42. The Labute approximate surface area is 114 Å². The van der Waals surface area contributed by atoms with Crippen LogP contribution in [0.3, 0.4) is 0 Å². The molecule has 2 atom stereocenters. The van der Waals surface area contributed by atoms with Crippen molar-refractivity contribution < 1.29 is 9.18 Å². The summed E-state index contributed by atoms with van der Waals surface area (Å²) < 4.78 is 12.9. The number of nitrogens with one attached hydrogen (secondary N) is 1. The van der Waals surface area contributed by atoms with Crippen LogP contribution < -0.4 is 11.1 Å². The molecule has 1 aromatic rings. The van der Waals surface area contributed by atoms with Crippen molar-refractivity contribution in [3.63, 3.8) is 0 Å². The second-order valence-corrected chi connectivity index (χ2v) is 5.36. The minimum atomic E-state index is -0.269. The molecule has 1 amide bonds. The third-order valence-electron chi connectivity index (χ3n) is 3.04. The molecule has 3 N–H and O–H groups in total. The number of halogens is 1. The van der Waals surface area contributed by atoms with Gasteiger partial charge in [-0.2, -0.15) is 0 Å². The van der Waals surface area contributed by atoms with Gasteiger partial charge in [0.15, 0.2) is 0 Å². The number of nitrogens with two attached hydrogens (primary N) is 1. The average Bonchev–Trinajstić information content (AvgIpc) is 2.34. The van der Waals surface area contributed by atoms with E-state index in [4.69, 9.17) is 5.73 Å². The van der Waals surface area contributed by atoms with E-state index in [1.165, 1.54) is 12.1 Å². The first-order valence-corrected chi connectivity index (χ1v) is 6.70. The van der Waals surface area contributed by atoms with Crippen molar-refractivity contribution in [3.8, 4) is 0 Å². The summed E-state index contributed by atoms with van der Waals surface area (Å²) in [7, 11) is 0. The third kappa shape index (κ3) is 5.39. The zero-order valence-electron chi connectivity index (χ0n) is 11.8. The van der Waals surface area contributed by atoms with Gasteiger partial charge in [0.1, 0.15) is 5.82 Å². The van der Waals surface area contributed by atoms with Crippen LogP contribution in [0.25, 0.3) is 0 Å². The molecule has 0 saturated carbocycles. The molecule has 106 valence electrons. The van der Waals surface area contributed by atoms with Crippen molar-refractivity contribution in [1.29, 1.82) is 0 Å². The van der Waals surface area contributed by atoms with Gasteiger partial charge in [-0.3, -0.25) is 4.79 Å². The number of amides is 1. The summed E-state index contributed by atoms with van der Waals surface area (Å²) in [6, 6.07) is 6.19. The Morgan fingerprint density at radius 3 is 2.32 bits per heavy atom. The molecule has 19 heavy (non-hydrogen) atoms. The molecule has 0 saturated heterocycles. The maximum atomic E-state index is 12.9. The maximum Gasteiger partial charge on any atom is 0.220 e. The van der Waals surface area contributed by atoms with Gasteiger partial charge in [-0.15, -0.1) is 0 Å². The number of benzene rings is 1. The molecule has 1 aromatic carbocycles. The van der Waals surface area contributed by atoms with Crippen molar-refractivity contribution in [2.45, 2.75) is 45.7 Å². The molecule has 0 heterocycles. The summed E-state index contributed by atoms with van der Waals surface area (Å²) in [5, 5.41) is 2.99. The van der Waals surface area contributed by atoms with E-state index in [0.29, 0.717) is 12.8 Å². The predicted octanol–water partition coefficient (Wildman–Crippen LogP) is 2.77. The number of hydrogen-bond donors (Lipinski definition) is 2. The summed E-state index contributed by atoms with van der Waals surface area (Å²) in [5.41, 5.74) is 6.56. The lowest BCUT2D eigenvalue weighted by molar-refractivity contribution is -0.122. The van der Waals surface area contributed by atoms with Gasteiger partial charge in [-0.05, 0) is 37.0 Å². The zero-order valence-corrected chi connectivity index (χ0v) is 11.8. The predicted molar refractivity (Wildman–Crippen MR) is 75.0 cm³/mol. The van der Waals surface area contributed by atoms with Crippen molar-refractivity contribution in [2.75, 3.05) is 0 Å². The summed E-state index contributed by atoms with van der Waals surface area (Å²) in [5.74, 6) is -0.0421.